The van der Waals surface area contributed by atoms with Gasteiger partial charge < -0.3 is 10.2 Å². The molecule has 2 aromatic carbocycles. The van der Waals surface area contributed by atoms with Gasteiger partial charge in [-0.3, -0.25) is 9.59 Å². The fourth-order valence-electron chi connectivity index (χ4n) is 3.31. The molecule has 1 unspecified atom stereocenters. The Kier molecular flexibility index (Phi) is 9.19. The molecule has 2 aromatic rings. The molecule has 162 valence electrons. The van der Waals surface area contributed by atoms with E-state index in [0.717, 1.165) is 23.1 Å². The Morgan fingerprint density at radius 3 is 2.27 bits per heavy atom. The second-order valence-electron chi connectivity index (χ2n) is 7.58. The lowest BCUT2D eigenvalue weighted by Crippen LogP contribution is -2.49. The number of hydrogen-bond acceptors (Lipinski definition) is 2. The molecule has 0 spiro atoms. The summed E-state index contributed by atoms with van der Waals surface area (Å²) in [7, 11) is 0. The molecule has 30 heavy (non-hydrogen) atoms. The van der Waals surface area contributed by atoms with E-state index in [-0.39, 0.29) is 18.2 Å². The summed E-state index contributed by atoms with van der Waals surface area (Å²) in [5.41, 5.74) is 4.10. The molecule has 2 rings (SSSR count). The minimum Gasteiger partial charge on any atom is -0.354 e. The topological polar surface area (TPSA) is 49.4 Å². The Morgan fingerprint density at radius 1 is 0.967 bits per heavy atom. The van der Waals surface area contributed by atoms with Gasteiger partial charge in [0.15, 0.2) is 0 Å². The molecular formula is C24H30Cl2N2O2. The van der Waals surface area contributed by atoms with E-state index in [0.29, 0.717) is 29.6 Å². The van der Waals surface area contributed by atoms with E-state index in [2.05, 4.69) is 5.32 Å². The molecule has 0 fully saturated rings. The highest BCUT2D eigenvalue weighted by molar-refractivity contribution is 6.42. The first-order chi connectivity index (χ1) is 14.3. The Morgan fingerprint density at radius 2 is 1.67 bits per heavy atom. The van der Waals surface area contributed by atoms with Gasteiger partial charge in [-0.25, -0.2) is 0 Å². The van der Waals surface area contributed by atoms with Crippen molar-refractivity contribution in [3.05, 3.63) is 68.7 Å². The summed E-state index contributed by atoms with van der Waals surface area (Å²) in [5.74, 6) is -0.226. The van der Waals surface area contributed by atoms with Crippen molar-refractivity contribution >= 4 is 35.0 Å². The number of rotatable bonds is 9. The lowest BCUT2D eigenvalue weighted by molar-refractivity contribution is -0.140. The molecule has 4 nitrogen and oxygen atoms in total. The summed E-state index contributed by atoms with van der Waals surface area (Å²) in [6, 6.07) is 10.8. The number of halogens is 2. The van der Waals surface area contributed by atoms with E-state index in [1.807, 2.05) is 52.0 Å². The molecule has 0 radical (unpaired) electrons. The fraction of sp³-hybridized carbons (Fsp3) is 0.417. The summed E-state index contributed by atoms with van der Waals surface area (Å²) in [6.45, 7) is 8.87. The van der Waals surface area contributed by atoms with Crippen LogP contribution in [-0.2, 0) is 22.6 Å². The Bertz CT molecular complexity index is 899. The standard InChI is InChI=1S/C24H30Cl2N2O2/c1-5-11-27-24(30)22(6-2)28(15-19-9-10-20(25)21(26)13-19)23(29)14-18-8-7-16(3)17(4)12-18/h7-10,12-13,22H,5-6,11,14-15H2,1-4H3,(H,27,30). The highest BCUT2D eigenvalue weighted by Crippen LogP contribution is 2.24. The SMILES string of the molecule is CCCNC(=O)C(CC)N(Cc1ccc(Cl)c(Cl)c1)C(=O)Cc1ccc(C)c(C)c1. The predicted octanol–water partition coefficient (Wildman–Crippen LogP) is 5.49. The zero-order chi connectivity index (χ0) is 22.3. The third-order valence-electron chi connectivity index (χ3n) is 5.20. The highest BCUT2D eigenvalue weighted by atomic mass is 35.5. The van der Waals surface area contributed by atoms with Crippen molar-refractivity contribution < 1.29 is 9.59 Å². The van der Waals surface area contributed by atoms with Gasteiger partial charge in [-0.15, -0.1) is 0 Å². The molecule has 0 bridgehead atoms. The highest BCUT2D eigenvalue weighted by Gasteiger charge is 2.28. The second-order valence-corrected chi connectivity index (χ2v) is 8.39. The van der Waals surface area contributed by atoms with E-state index in [4.69, 9.17) is 23.2 Å². The van der Waals surface area contributed by atoms with Crippen LogP contribution >= 0.6 is 23.2 Å². The fourth-order valence-corrected chi connectivity index (χ4v) is 3.63. The first-order valence-electron chi connectivity index (χ1n) is 10.3. The molecule has 1 atom stereocenters. The second kappa shape index (κ2) is 11.4. The van der Waals surface area contributed by atoms with Gasteiger partial charge in [0.1, 0.15) is 6.04 Å². The Labute approximate surface area is 189 Å². The van der Waals surface area contributed by atoms with Gasteiger partial charge in [-0.2, -0.15) is 0 Å². The molecule has 0 saturated heterocycles. The molecule has 0 saturated carbocycles. The van der Waals surface area contributed by atoms with Crippen molar-refractivity contribution in [2.24, 2.45) is 0 Å². The van der Waals surface area contributed by atoms with Crippen LogP contribution in [0.5, 0.6) is 0 Å². The van der Waals surface area contributed by atoms with Crippen LogP contribution in [0.25, 0.3) is 0 Å². The Hall–Kier alpha value is -2.04. The molecule has 0 aliphatic heterocycles. The van der Waals surface area contributed by atoms with Crippen LogP contribution in [0.15, 0.2) is 36.4 Å². The van der Waals surface area contributed by atoms with Gasteiger partial charge in [0, 0.05) is 13.1 Å². The molecular weight excluding hydrogens is 419 g/mol. The maximum atomic E-state index is 13.3. The van der Waals surface area contributed by atoms with Crippen LogP contribution in [0.4, 0.5) is 0 Å². The molecule has 0 heterocycles. The summed E-state index contributed by atoms with van der Waals surface area (Å²) in [4.78, 5) is 27.8. The number of carbonyl (C=O) groups is 2. The van der Waals surface area contributed by atoms with E-state index in [1.54, 1.807) is 17.0 Å². The largest absolute Gasteiger partial charge is 0.354 e. The summed E-state index contributed by atoms with van der Waals surface area (Å²) in [5, 5.41) is 3.81. The average molecular weight is 449 g/mol. The van der Waals surface area contributed by atoms with Crippen LogP contribution < -0.4 is 5.32 Å². The third-order valence-corrected chi connectivity index (χ3v) is 5.94. The van der Waals surface area contributed by atoms with Crippen molar-refractivity contribution in [1.82, 2.24) is 10.2 Å². The summed E-state index contributed by atoms with van der Waals surface area (Å²) < 4.78 is 0. The molecule has 0 aliphatic rings. The number of aryl methyl sites for hydroxylation is 2. The number of carbonyl (C=O) groups excluding carboxylic acids is 2. The summed E-state index contributed by atoms with van der Waals surface area (Å²) >= 11 is 12.2. The van der Waals surface area contributed by atoms with Crippen LogP contribution in [0.1, 0.15) is 48.9 Å². The van der Waals surface area contributed by atoms with Crippen molar-refractivity contribution in [2.75, 3.05) is 6.54 Å². The van der Waals surface area contributed by atoms with Crippen LogP contribution in [0, 0.1) is 13.8 Å². The van der Waals surface area contributed by atoms with E-state index < -0.39 is 6.04 Å². The molecule has 1 N–H and O–H groups in total. The van der Waals surface area contributed by atoms with Crippen LogP contribution in [0.3, 0.4) is 0 Å². The molecule has 0 aliphatic carbocycles. The van der Waals surface area contributed by atoms with Gasteiger partial charge in [0.2, 0.25) is 11.8 Å². The van der Waals surface area contributed by atoms with E-state index in [9.17, 15) is 9.59 Å². The van der Waals surface area contributed by atoms with Gasteiger partial charge >= 0.3 is 0 Å². The van der Waals surface area contributed by atoms with Gasteiger partial charge in [0.05, 0.1) is 16.5 Å². The van der Waals surface area contributed by atoms with Gasteiger partial charge in [0.25, 0.3) is 0 Å². The normalized spacial score (nSPS) is 11.8. The van der Waals surface area contributed by atoms with Crippen LogP contribution in [0.2, 0.25) is 10.0 Å². The number of nitrogens with one attached hydrogen (secondary N) is 1. The number of benzene rings is 2. The predicted molar refractivity (Wildman–Crippen MR) is 124 cm³/mol. The number of nitrogens with zero attached hydrogens (tertiary/aromatic N) is 1. The van der Waals surface area contributed by atoms with Crippen molar-refractivity contribution in [3.8, 4) is 0 Å². The average Bonchev–Trinajstić information content (AvgIpc) is 2.71. The quantitative estimate of drug-likeness (QED) is 0.551. The first kappa shape index (κ1) is 24.2. The lowest BCUT2D eigenvalue weighted by atomic mass is 10.0. The maximum absolute atomic E-state index is 13.3. The molecule has 2 amide bonds. The third kappa shape index (κ3) is 6.48. The number of hydrogen-bond donors (Lipinski definition) is 1. The summed E-state index contributed by atoms with van der Waals surface area (Å²) in [6.07, 6.45) is 1.60. The van der Waals surface area contributed by atoms with Crippen molar-refractivity contribution in [1.29, 1.82) is 0 Å². The van der Waals surface area contributed by atoms with Crippen molar-refractivity contribution in [2.45, 2.75) is 59.5 Å². The maximum Gasteiger partial charge on any atom is 0.242 e. The van der Waals surface area contributed by atoms with Crippen LogP contribution in [-0.4, -0.2) is 29.3 Å². The zero-order valence-electron chi connectivity index (χ0n) is 18.1. The zero-order valence-corrected chi connectivity index (χ0v) is 19.6. The minimum absolute atomic E-state index is 0.0946. The molecule has 0 aromatic heterocycles. The smallest absolute Gasteiger partial charge is 0.242 e. The minimum atomic E-state index is -0.551. The lowest BCUT2D eigenvalue weighted by Gasteiger charge is -2.31. The number of amides is 2. The Balaban J connectivity index is 2.31. The van der Waals surface area contributed by atoms with Gasteiger partial charge in [-0.1, -0.05) is 61.3 Å². The van der Waals surface area contributed by atoms with E-state index in [1.165, 1.54) is 5.56 Å². The van der Waals surface area contributed by atoms with Crippen molar-refractivity contribution in [3.63, 3.8) is 0 Å². The monoisotopic (exact) mass is 448 g/mol. The first-order valence-corrected chi connectivity index (χ1v) is 11.1. The van der Waals surface area contributed by atoms with E-state index >= 15 is 0 Å². The molecule has 6 heteroatoms. The van der Waals surface area contributed by atoms with Gasteiger partial charge in [-0.05, 0) is 61.1 Å².